The van der Waals surface area contributed by atoms with Crippen LogP contribution in [0.3, 0.4) is 0 Å². The first-order chi connectivity index (χ1) is 11.3. The van der Waals surface area contributed by atoms with Crippen molar-refractivity contribution in [3.8, 4) is 0 Å². The molecule has 0 aromatic heterocycles. The molecule has 2 N–H and O–H groups in total. The van der Waals surface area contributed by atoms with Crippen LogP contribution in [0.15, 0.2) is 4.99 Å². The average Bonchev–Trinajstić information content (AvgIpc) is 3.19. The second-order valence-corrected chi connectivity index (χ2v) is 7.69. The highest BCUT2D eigenvalue weighted by Gasteiger charge is 2.26. The van der Waals surface area contributed by atoms with E-state index in [0.29, 0.717) is 12.1 Å². The summed E-state index contributed by atoms with van der Waals surface area (Å²) in [5.74, 6) is 0.998. The van der Waals surface area contributed by atoms with E-state index in [1.807, 2.05) is 11.8 Å². The third-order valence-electron chi connectivity index (χ3n) is 4.94. The van der Waals surface area contributed by atoms with Crippen molar-refractivity contribution in [1.29, 1.82) is 0 Å². The van der Waals surface area contributed by atoms with Gasteiger partial charge >= 0.3 is 0 Å². The van der Waals surface area contributed by atoms with Crippen LogP contribution in [0.1, 0.15) is 39.0 Å². The first-order valence-electron chi connectivity index (χ1n) is 9.07. The van der Waals surface area contributed by atoms with E-state index in [9.17, 15) is 0 Å². The maximum atomic E-state index is 5.22. The van der Waals surface area contributed by atoms with Crippen LogP contribution in [0.2, 0.25) is 0 Å². The summed E-state index contributed by atoms with van der Waals surface area (Å²) in [5, 5.41) is 7.87. The van der Waals surface area contributed by atoms with Gasteiger partial charge in [-0.1, -0.05) is 0 Å². The molecule has 0 aromatic rings. The van der Waals surface area contributed by atoms with Crippen LogP contribution in [0.5, 0.6) is 0 Å². The largest absolute Gasteiger partial charge is 0.383 e. The summed E-state index contributed by atoms with van der Waals surface area (Å²) in [6, 6.07) is 1.15. The first-order valence-corrected chi connectivity index (χ1v) is 10.4. The molecule has 2 rings (SSSR count). The van der Waals surface area contributed by atoms with E-state index in [1.165, 1.54) is 38.6 Å². The Hall–Kier alpha value is -0.460. The van der Waals surface area contributed by atoms with Crippen molar-refractivity contribution in [3.05, 3.63) is 0 Å². The van der Waals surface area contributed by atoms with Crippen LogP contribution in [0.25, 0.3) is 0 Å². The lowest BCUT2D eigenvalue weighted by Crippen LogP contribution is -2.43. The molecule has 1 saturated carbocycles. The molecular formula is C17H34N4OS. The van der Waals surface area contributed by atoms with Gasteiger partial charge in [0.1, 0.15) is 0 Å². The van der Waals surface area contributed by atoms with Crippen molar-refractivity contribution >= 4 is 17.7 Å². The molecule has 0 spiro atoms. The molecule has 0 amide bonds. The highest BCUT2D eigenvalue weighted by atomic mass is 32.2. The number of aliphatic imine (C=N–C) groups is 1. The molecule has 2 fully saturated rings. The fraction of sp³-hybridized carbons (Fsp3) is 0.941. The van der Waals surface area contributed by atoms with Gasteiger partial charge in [-0.3, -0.25) is 9.89 Å². The summed E-state index contributed by atoms with van der Waals surface area (Å²) in [6.45, 7) is 6.97. The minimum atomic E-state index is 0.572. The minimum absolute atomic E-state index is 0.572. The molecule has 0 radical (unpaired) electrons. The summed E-state index contributed by atoms with van der Waals surface area (Å²) in [6.07, 6.45) is 8.61. The smallest absolute Gasteiger partial charge is 0.191 e. The molecule has 0 bridgehead atoms. The van der Waals surface area contributed by atoms with Gasteiger partial charge in [-0.15, -0.1) is 0 Å². The number of rotatable bonds is 8. The number of nitrogens with zero attached hydrogens (tertiary/aromatic N) is 2. The molecule has 1 aliphatic heterocycles. The Balaban J connectivity index is 1.83. The van der Waals surface area contributed by atoms with Crippen molar-refractivity contribution in [2.45, 2.75) is 56.4 Å². The van der Waals surface area contributed by atoms with Crippen LogP contribution in [-0.2, 0) is 4.74 Å². The summed E-state index contributed by atoms with van der Waals surface area (Å²) < 4.78 is 5.22. The fourth-order valence-electron chi connectivity index (χ4n) is 3.60. The van der Waals surface area contributed by atoms with Crippen LogP contribution < -0.4 is 10.6 Å². The van der Waals surface area contributed by atoms with Gasteiger partial charge in [0.15, 0.2) is 5.96 Å². The number of guanidine groups is 1. The van der Waals surface area contributed by atoms with E-state index in [0.717, 1.165) is 37.5 Å². The third kappa shape index (κ3) is 6.16. The van der Waals surface area contributed by atoms with Crippen molar-refractivity contribution in [3.63, 3.8) is 0 Å². The quantitative estimate of drug-likeness (QED) is 0.521. The predicted octanol–water partition coefficient (Wildman–Crippen LogP) is 1.94. The van der Waals surface area contributed by atoms with Gasteiger partial charge in [-0.2, -0.15) is 11.8 Å². The zero-order chi connectivity index (χ0) is 16.5. The summed E-state index contributed by atoms with van der Waals surface area (Å²) in [7, 11) is 1.78. The molecule has 5 nitrogen and oxygen atoms in total. The lowest BCUT2D eigenvalue weighted by atomic mass is 10.2. The molecule has 6 heteroatoms. The summed E-state index contributed by atoms with van der Waals surface area (Å²) >= 11 is 2.00. The Labute approximate surface area is 146 Å². The Kier molecular flexibility index (Phi) is 8.55. The first kappa shape index (κ1) is 18.9. The maximum Gasteiger partial charge on any atom is 0.191 e. The fourth-order valence-corrected chi connectivity index (χ4v) is 4.40. The zero-order valence-electron chi connectivity index (χ0n) is 15.0. The number of thioether (sulfide) groups is 1. The van der Waals surface area contributed by atoms with E-state index in [2.05, 4.69) is 28.7 Å². The van der Waals surface area contributed by atoms with Gasteiger partial charge in [0.2, 0.25) is 0 Å². The number of hydrogen-bond donors (Lipinski definition) is 2. The molecule has 2 aliphatic rings. The van der Waals surface area contributed by atoms with Crippen molar-refractivity contribution in [1.82, 2.24) is 15.5 Å². The number of ether oxygens (including phenoxy) is 1. The normalized spacial score (nSPS) is 29.2. The maximum absolute atomic E-state index is 5.22. The second kappa shape index (κ2) is 10.4. The second-order valence-electron chi connectivity index (χ2n) is 6.56. The highest BCUT2D eigenvalue weighted by Crippen LogP contribution is 2.28. The van der Waals surface area contributed by atoms with Gasteiger partial charge in [0.05, 0.1) is 13.2 Å². The number of likely N-dealkylation sites (tertiary alicyclic amines) is 1. The van der Waals surface area contributed by atoms with Crippen molar-refractivity contribution in [2.75, 3.05) is 46.2 Å². The Morgan fingerprint density at radius 3 is 2.91 bits per heavy atom. The zero-order valence-corrected chi connectivity index (χ0v) is 15.8. The topological polar surface area (TPSA) is 48.9 Å². The lowest BCUT2D eigenvalue weighted by Gasteiger charge is -2.23. The van der Waals surface area contributed by atoms with E-state index in [-0.39, 0.29) is 0 Å². The molecule has 23 heavy (non-hydrogen) atoms. The Morgan fingerprint density at radius 2 is 2.22 bits per heavy atom. The molecule has 3 atom stereocenters. The molecule has 3 unspecified atom stereocenters. The van der Waals surface area contributed by atoms with Gasteiger partial charge in [0.25, 0.3) is 0 Å². The Morgan fingerprint density at radius 1 is 1.35 bits per heavy atom. The van der Waals surface area contributed by atoms with E-state index < -0.39 is 0 Å². The van der Waals surface area contributed by atoms with Crippen LogP contribution >= 0.6 is 11.8 Å². The standard InChI is InChI=1S/C17H34N4OS/c1-4-18-17(20-14-7-8-16(12-14)23-3)19-13-15-6-5-9-21(15)10-11-22-2/h14-16H,4-13H2,1-3H3,(H2,18,19,20). The number of hydrogen-bond acceptors (Lipinski definition) is 4. The average molecular weight is 343 g/mol. The third-order valence-corrected chi connectivity index (χ3v) is 6.04. The number of nitrogens with one attached hydrogen (secondary N) is 2. The monoisotopic (exact) mass is 342 g/mol. The minimum Gasteiger partial charge on any atom is -0.383 e. The van der Waals surface area contributed by atoms with Gasteiger partial charge in [0, 0.05) is 37.5 Å². The predicted molar refractivity (Wildman–Crippen MR) is 101 cm³/mol. The molecule has 134 valence electrons. The van der Waals surface area contributed by atoms with E-state index in [4.69, 9.17) is 9.73 Å². The molecular weight excluding hydrogens is 308 g/mol. The SMILES string of the molecule is CCNC(=NCC1CCCN1CCOC)NC1CCC(SC)C1. The van der Waals surface area contributed by atoms with Gasteiger partial charge in [-0.05, 0) is 51.8 Å². The molecule has 0 aromatic carbocycles. The molecule has 1 aliphatic carbocycles. The van der Waals surface area contributed by atoms with Crippen molar-refractivity contribution in [2.24, 2.45) is 4.99 Å². The molecule has 1 heterocycles. The Bertz CT molecular complexity index is 367. The van der Waals surface area contributed by atoms with E-state index in [1.54, 1.807) is 7.11 Å². The van der Waals surface area contributed by atoms with Crippen molar-refractivity contribution < 1.29 is 4.74 Å². The summed E-state index contributed by atoms with van der Waals surface area (Å²) in [5.41, 5.74) is 0. The van der Waals surface area contributed by atoms with E-state index >= 15 is 0 Å². The van der Waals surface area contributed by atoms with Gasteiger partial charge < -0.3 is 15.4 Å². The van der Waals surface area contributed by atoms with Gasteiger partial charge in [-0.25, -0.2) is 0 Å². The molecule has 1 saturated heterocycles. The van der Waals surface area contributed by atoms with Crippen LogP contribution in [0, 0.1) is 0 Å². The lowest BCUT2D eigenvalue weighted by molar-refractivity contribution is 0.142. The van der Waals surface area contributed by atoms with Crippen LogP contribution in [-0.4, -0.2) is 74.3 Å². The highest BCUT2D eigenvalue weighted by molar-refractivity contribution is 7.99. The van der Waals surface area contributed by atoms with Crippen LogP contribution in [0.4, 0.5) is 0 Å². The number of methoxy groups -OCH3 is 1. The summed E-state index contributed by atoms with van der Waals surface area (Å²) in [4.78, 5) is 7.40.